The number of esters is 1. The van der Waals surface area contributed by atoms with E-state index in [1.807, 2.05) is 30.3 Å². The molecule has 0 radical (unpaired) electrons. The van der Waals surface area contributed by atoms with Gasteiger partial charge in [-0.15, -0.1) is 0 Å². The van der Waals surface area contributed by atoms with Crippen LogP contribution in [0.15, 0.2) is 64.0 Å². The van der Waals surface area contributed by atoms with Gasteiger partial charge in [0, 0.05) is 11.0 Å². The number of carbonyl (C=O) groups excluding carboxylic acids is 1. The van der Waals surface area contributed by atoms with Crippen LogP contribution in [0.25, 0.3) is 5.70 Å². The van der Waals surface area contributed by atoms with Gasteiger partial charge in [-0.25, -0.2) is 4.79 Å². The number of carbonyl (C=O) groups is 1. The summed E-state index contributed by atoms with van der Waals surface area (Å²) in [5, 5.41) is 2.98. The molecule has 0 fully saturated rings. The van der Waals surface area contributed by atoms with E-state index in [1.54, 1.807) is 31.2 Å². The predicted octanol–water partition coefficient (Wildman–Crippen LogP) is 5.72. The monoisotopic (exact) mass is 459 g/mol. The third kappa shape index (κ3) is 6.95. The van der Waals surface area contributed by atoms with E-state index >= 15 is 0 Å². The van der Waals surface area contributed by atoms with Crippen molar-refractivity contribution < 1.29 is 22.7 Å². The molecule has 2 aromatic rings. The van der Waals surface area contributed by atoms with Gasteiger partial charge in [0.15, 0.2) is 0 Å². The SMILES string of the molecule is CCOC(=O)/C(SC(F)(F)F)=C(/NCc1ccccc1)c1ccc(Br)cc1. The van der Waals surface area contributed by atoms with E-state index in [-0.39, 0.29) is 18.8 Å². The summed E-state index contributed by atoms with van der Waals surface area (Å²) >= 11 is 2.82. The van der Waals surface area contributed by atoms with Gasteiger partial charge >= 0.3 is 11.5 Å². The van der Waals surface area contributed by atoms with Gasteiger partial charge in [0.05, 0.1) is 12.3 Å². The topological polar surface area (TPSA) is 38.3 Å². The summed E-state index contributed by atoms with van der Waals surface area (Å²) in [7, 11) is 0. The van der Waals surface area contributed by atoms with Crippen molar-refractivity contribution in [3.63, 3.8) is 0 Å². The van der Waals surface area contributed by atoms with Crippen molar-refractivity contribution in [2.24, 2.45) is 0 Å². The van der Waals surface area contributed by atoms with Crippen molar-refractivity contribution in [1.29, 1.82) is 0 Å². The van der Waals surface area contributed by atoms with Crippen LogP contribution in [0.4, 0.5) is 13.2 Å². The van der Waals surface area contributed by atoms with Crippen LogP contribution in [-0.4, -0.2) is 18.1 Å². The normalized spacial score (nSPS) is 12.3. The van der Waals surface area contributed by atoms with Crippen LogP contribution in [0.1, 0.15) is 18.1 Å². The minimum atomic E-state index is -4.63. The lowest BCUT2D eigenvalue weighted by Crippen LogP contribution is -2.20. The van der Waals surface area contributed by atoms with Crippen LogP contribution in [0, 0.1) is 0 Å². The smallest absolute Gasteiger partial charge is 0.446 e. The first-order valence-electron chi connectivity index (χ1n) is 8.01. The molecule has 0 aliphatic heterocycles. The first-order valence-corrected chi connectivity index (χ1v) is 9.62. The number of ether oxygens (including phenoxy) is 1. The minimum Gasteiger partial charge on any atom is -0.462 e. The molecule has 0 aliphatic carbocycles. The van der Waals surface area contributed by atoms with Crippen molar-refractivity contribution in [2.45, 2.75) is 19.0 Å². The van der Waals surface area contributed by atoms with Gasteiger partial charge < -0.3 is 10.1 Å². The van der Waals surface area contributed by atoms with Gasteiger partial charge in [0.2, 0.25) is 0 Å². The van der Waals surface area contributed by atoms with Crippen molar-refractivity contribution in [1.82, 2.24) is 5.32 Å². The second kappa shape index (κ2) is 9.85. The molecule has 0 saturated heterocycles. The second-order valence-corrected chi connectivity index (χ2v) is 7.31. The Hall–Kier alpha value is -1.93. The Morgan fingerprint density at radius 3 is 2.30 bits per heavy atom. The van der Waals surface area contributed by atoms with Gasteiger partial charge in [0.25, 0.3) is 0 Å². The summed E-state index contributed by atoms with van der Waals surface area (Å²) in [5.74, 6) is -1.02. The molecule has 27 heavy (non-hydrogen) atoms. The van der Waals surface area contributed by atoms with Crippen LogP contribution in [0.3, 0.4) is 0 Å². The van der Waals surface area contributed by atoms with E-state index in [1.165, 1.54) is 0 Å². The largest absolute Gasteiger partial charge is 0.462 e. The number of hydrogen-bond donors (Lipinski definition) is 1. The number of benzene rings is 2. The van der Waals surface area contributed by atoms with Gasteiger partial charge in [-0.3, -0.25) is 0 Å². The molecule has 0 heterocycles. The lowest BCUT2D eigenvalue weighted by atomic mass is 10.1. The molecule has 0 aliphatic rings. The highest BCUT2D eigenvalue weighted by Crippen LogP contribution is 2.40. The summed E-state index contributed by atoms with van der Waals surface area (Å²) in [6.45, 7) is 1.78. The molecule has 8 heteroatoms. The van der Waals surface area contributed by atoms with Crippen LogP contribution in [-0.2, 0) is 16.1 Å². The maximum Gasteiger partial charge on any atom is 0.446 e. The summed E-state index contributed by atoms with van der Waals surface area (Å²) in [5.41, 5.74) is -3.23. The molecule has 0 saturated carbocycles. The molecular weight excluding hydrogens is 443 g/mol. The summed E-state index contributed by atoms with van der Waals surface area (Å²) < 4.78 is 44.9. The molecule has 1 N–H and O–H groups in total. The van der Waals surface area contributed by atoms with E-state index in [2.05, 4.69) is 21.2 Å². The molecule has 0 aromatic heterocycles. The lowest BCUT2D eigenvalue weighted by molar-refractivity contribution is -0.137. The fourth-order valence-electron chi connectivity index (χ4n) is 2.22. The highest BCUT2D eigenvalue weighted by molar-refractivity contribution is 9.10. The van der Waals surface area contributed by atoms with Gasteiger partial charge in [0.1, 0.15) is 4.91 Å². The third-order valence-corrected chi connectivity index (χ3v) is 4.69. The summed E-state index contributed by atoms with van der Waals surface area (Å²) in [4.78, 5) is 11.7. The van der Waals surface area contributed by atoms with E-state index in [0.29, 0.717) is 5.56 Å². The Bertz CT molecular complexity index is 793. The minimum absolute atomic E-state index is 0.0208. The molecule has 3 nitrogen and oxygen atoms in total. The second-order valence-electron chi connectivity index (χ2n) is 5.32. The van der Waals surface area contributed by atoms with Crippen molar-refractivity contribution >= 4 is 39.4 Å². The van der Waals surface area contributed by atoms with E-state index in [4.69, 9.17) is 4.74 Å². The molecule has 2 aromatic carbocycles. The van der Waals surface area contributed by atoms with E-state index in [9.17, 15) is 18.0 Å². The number of alkyl halides is 3. The maximum absolute atomic E-state index is 13.1. The Balaban J connectivity index is 2.48. The summed E-state index contributed by atoms with van der Waals surface area (Å²) in [6, 6.07) is 15.8. The van der Waals surface area contributed by atoms with Crippen molar-refractivity contribution in [3.05, 3.63) is 75.1 Å². The molecule has 0 amide bonds. The number of nitrogens with one attached hydrogen (secondary N) is 1. The molecule has 0 bridgehead atoms. The highest BCUT2D eigenvalue weighted by Gasteiger charge is 2.35. The van der Waals surface area contributed by atoms with E-state index in [0.717, 1.165) is 10.0 Å². The first kappa shape index (κ1) is 21.4. The lowest BCUT2D eigenvalue weighted by Gasteiger charge is -2.18. The Morgan fingerprint density at radius 1 is 1.11 bits per heavy atom. The zero-order valence-corrected chi connectivity index (χ0v) is 16.7. The van der Waals surface area contributed by atoms with Gasteiger partial charge in [-0.05, 0) is 41.9 Å². The average molecular weight is 460 g/mol. The Kier molecular flexibility index (Phi) is 7.79. The fourth-order valence-corrected chi connectivity index (χ4v) is 3.15. The fraction of sp³-hybridized carbons (Fsp3) is 0.211. The Morgan fingerprint density at radius 2 is 1.74 bits per heavy atom. The third-order valence-electron chi connectivity index (χ3n) is 3.35. The molecule has 0 unspecified atom stereocenters. The van der Waals surface area contributed by atoms with Crippen LogP contribution >= 0.6 is 27.7 Å². The maximum atomic E-state index is 13.1. The molecule has 0 atom stereocenters. The molecule has 0 spiro atoms. The molecular formula is C19H17BrF3NO2S. The van der Waals surface area contributed by atoms with Crippen LogP contribution in [0.2, 0.25) is 0 Å². The molecule has 144 valence electrons. The summed E-state index contributed by atoms with van der Waals surface area (Å²) in [6.07, 6.45) is 0. The van der Waals surface area contributed by atoms with Crippen LogP contribution < -0.4 is 5.32 Å². The van der Waals surface area contributed by atoms with Crippen molar-refractivity contribution in [2.75, 3.05) is 6.61 Å². The average Bonchev–Trinajstić information content (AvgIpc) is 2.62. The highest BCUT2D eigenvalue weighted by atomic mass is 79.9. The number of thioether (sulfide) groups is 1. The van der Waals surface area contributed by atoms with Crippen molar-refractivity contribution in [3.8, 4) is 0 Å². The number of hydrogen-bond acceptors (Lipinski definition) is 4. The van der Waals surface area contributed by atoms with Gasteiger partial charge in [-0.1, -0.05) is 58.4 Å². The Labute approximate surface area is 168 Å². The quantitative estimate of drug-likeness (QED) is 0.424. The number of rotatable bonds is 7. The van der Waals surface area contributed by atoms with E-state index < -0.39 is 28.1 Å². The first-order chi connectivity index (χ1) is 12.8. The molecule has 2 rings (SSSR count). The van der Waals surface area contributed by atoms with Crippen LogP contribution in [0.5, 0.6) is 0 Å². The number of halogens is 4. The predicted molar refractivity (Wildman–Crippen MR) is 105 cm³/mol. The zero-order valence-electron chi connectivity index (χ0n) is 14.3. The zero-order chi connectivity index (χ0) is 19.9. The van der Waals surface area contributed by atoms with Gasteiger partial charge in [-0.2, -0.15) is 13.2 Å². The standard InChI is InChI=1S/C19H17BrF3NO2S/c1-2-26-18(25)17(27-19(21,22)23)16(14-8-10-15(20)11-9-14)24-12-13-6-4-3-5-7-13/h3-11,24H,2,12H2,1H3/b17-16-.